The summed E-state index contributed by atoms with van der Waals surface area (Å²) in [4.78, 5) is 11.9. The second kappa shape index (κ2) is 5.90. The molecule has 0 aromatic heterocycles. The van der Waals surface area contributed by atoms with E-state index in [1.807, 2.05) is 20.8 Å². The third-order valence-corrected chi connectivity index (χ3v) is 3.42. The largest absolute Gasteiger partial charge is 0.380 e. The van der Waals surface area contributed by atoms with Crippen LogP contribution in [0.3, 0.4) is 0 Å². The molecule has 0 bridgehead atoms. The molecule has 1 rings (SSSR count). The third kappa shape index (κ3) is 4.59. The maximum atomic E-state index is 12.0. The first-order valence-electron chi connectivity index (χ1n) is 6.02. The monoisotopic (exact) mass is 300 g/mol. The van der Waals surface area contributed by atoms with E-state index in [1.54, 1.807) is 6.07 Å². The van der Waals surface area contributed by atoms with Gasteiger partial charge >= 0.3 is 0 Å². The Morgan fingerprint density at radius 2 is 1.95 bits per heavy atom. The van der Waals surface area contributed by atoms with E-state index in [2.05, 4.69) is 5.32 Å². The molecule has 0 heterocycles. The highest BCUT2D eigenvalue weighted by Gasteiger charge is 2.19. The first-order chi connectivity index (χ1) is 9.04. The number of rotatable bonds is 4. The van der Waals surface area contributed by atoms with Gasteiger partial charge in [-0.25, -0.2) is 13.6 Å². The molecule has 20 heavy (non-hydrogen) atoms. The number of hydrogen-bond donors (Lipinski definition) is 2. The van der Waals surface area contributed by atoms with Crippen LogP contribution in [-0.2, 0) is 21.4 Å². The number of methoxy groups -OCH3 is 1. The van der Waals surface area contributed by atoms with Gasteiger partial charge in [0.1, 0.15) is 0 Å². The van der Waals surface area contributed by atoms with Gasteiger partial charge in [-0.2, -0.15) is 0 Å². The number of amides is 1. The zero-order chi connectivity index (χ0) is 15.6. The molecule has 0 unspecified atom stereocenters. The van der Waals surface area contributed by atoms with E-state index in [-0.39, 0.29) is 23.0 Å². The molecule has 0 aliphatic heterocycles. The van der Waals surface area contributed by atoms with Crippen molar-refractivity contribution >= 4 is 15.9 Å². The van der Waals surface area contributed by atoms with Crippen LogP contribution < -0.4 is 10.5 Å². The Balaban J connectivity index is 3.23. The molecule has 0 spiro atoms. The lowest BCUT2D eigenvalue weighted by Gasteiger charge is -2.20. The van der Waals surface area contributed by atoms with Crippen molar-refractivity contribution in [3.63, 3.8) is 0 Å². The van der Waals surface area contributed by atoms with Crippen LogP contribution in [0.25, 0.3) is 0 Å². The highest BCUT2D eigenvalue weighted by atomic mass is 32.2. The van der Waals surface area contributed by atoms with Gasteiger partial charge in [0.25, 0.3) is 5.91 Å². The summed E-state index contributed by atoms with van der Waals surface area (Å²) in [6.45, 7) is 5.62. The molecule has 0 saturated carbocycles. The lowest BCUT2D eigenvalue weighted by Crippen LogP contribution is -2.40. The fourth-order valence-electron chi connectivity index (χ4n) is 1.65. The molecule has 7 heteroatoms. The molecule has 6 nitrogen and oxygen atoms in total. The molecule has 0 aliphatic rings. The Bertz CT molecular complexity index is 603. The lowest BCUT2D eigenvalue weighted by atomic mass is 10.1. The van der Waals surface area contributed by atoms with Crippen LogP contribution in [-0.4, -0.2) is 27.0 Å². The number of hydrogen-bond acceptors (Lipinski definition) is 4. The summed E-state index contributed by atoms with van der Waals surface area (Å²) >= 11 is 0. The number of nitrogens with one attached hydrogen (secondary N) is 1. The van der Waals surface area contributed by atoms with Gasteiger partial charge < -0.3 is 10.1 Å². The standard InChI is InChI=1S/C13H20N2O4S/c1-13(2,3)15-12(16)9-5-6-10(8-19-4)11(7-9)20(14,17)18/h5-7H,8H2,1-4H3,(H,15,16)(H2,14,17,18). The number of carbonyl (C=O) groups is 1. The molecule has 1 aromatic rings. The van der Waals surface area contributed by atoms with Gasteiger partial charge in [-0.15, -0.1) is 0 Å². The average molecular weight is 300 g/mol. The summed E-state index contributed by atoms with van der Waals surface area (Å²) in [6, 6.07) is 4.34. The predicted octanol–water partition coefficient (Wildman–Crippen LogP) is 1.01. The van der Waals surface area contributed by atoms with Gasteiger partial charge in [-0.3, -0.25) is 4.79 Å². The second-order valence-corrected chi connectivity index (χ2v) is 7.03. The molecule has 0 atom stereocenters. The molecule has 0 saturated heterocycles. The predicted molar refractivity (Wildman–Crippen MR) is 75.7 cm³/mol. The molecular weight excluding hydrogens is 280 g/mol. The Morgan fingerprint density at radius 3 is 2.40 bits per heavy atom. The number of primary sulfonamides is 1. The van der Waals surface area contributed by atoms with Crippen molar-refractivity contribution in [1.82, 2.24) is 5.32 Å². The minimum Gasteiger partial charge on any atom is -0.380 e. The first-order valence-corrected chi connectivity index (χ1v) is 7.56. The summed E-state index contributed by atoms with van der Waals surface area (Å²) < 4.78 is 28.1. The number of sulfonamides is 1. The van der Waals surface area contributed by atoms with Crippen molar-refractivity contribution in [2.75, 3.05) is 7.11 Å². The third-order valence-electron chi connectivity index (χ3n) is 2.42. The summed E-state index contributed by atoms with van der Waals surface area (Å²) in [5.41, 5.74) is 0.246. The van der Waals surface area contributed by atoms with Gasteiger partial charge in [-0.05, 0) is 38.5 Å². The fourth-order valence-corrected chi connectivity index (χ4v) is 2.43. The van der Waals surface area contributed by atoms with Gasteiger partial charge in [0, 0.05) is 18.2 Å². The molecule has 3 N–H and O–H groups in total. The van der Waals surface area contributed by atoms with E-state index in [4.69, 9.17) is 9.88 Å². The van der Waals surface area contributed by atoms with E-state index in [0.29, 0.717) is 5.56 Å². The highest BCUT2D eigenvalue weighted by molar-refractivity contribution is 7.89. The molecule has 0 radical (unpaired) electrons. The zero-order valence-corrected chi connectivity index (χ0v) is 12.9. The molecule has 0 fully saturated rings. The van der Waals surface area contributed by atoms with Crippen molar-refractivity contribution in [3.05, 3.63) is 29.3 Å². The number of nitrogens with two attached hydrogens (primary N) is 1. The van der Waals surface area contributed by atoms with E-state index in [1.165, 1.54) is 19.2 Å². The zero-order valence-electron chi connectivity index (χ0n) is 12.1. The van der Waals surface area contributed by atoms with Gasteiger partial charge in [0.05, 0.1) is 11.5 Å². The van der Waals surface area contributed by atoms with Crippen LogP contribution in [0.1, 0.15) is 36.7 Å². The van der Waals surface area contributed by atoms with Crippen LogP contribution in [0.2, 0.25) is 0 Å². The van der Waals surface area contributed by atoms with Crippen molar-refractivity contribution in [3.8, 4) is 0 Å². The van der Waals surface area contributed by atoms with Crippen LogP contribution in [0.4, 0.5) is 0 Å². The van der Waals surface area contributed by atoms with E-state index in [9.17, 15) is 13.2 Å². The first kappa shape index (κ1) is 16.6. The average Bonchev–Trinajstić information content (AvgIpc) is 2.26. The van der Waals surface area contributed by atoms with E-state index >= 15 is 0 Å². The Labute approximate surface area is 119 Å². The van der Waals surface area contributed by atoms with Crippen molar-refractivity contribution in [2.45, 2.75) is 37.8 Å². The summed E-state index contributed by atoms with van der Waals surface area (Å²) in [5, 5.41) is 7.93. The van der Waals surface area contributed by atoms with E-state index < -0.39 is 15.6 Å². The summed E-state index contributed by atoms with van der Waals surface area (Å²) in [6.07, 6.45) is 0. The second-order valence-electron chi connectivity index (χ2n) is 5.50. The van der Waals surface area contributed by atoms with E-state index in [0.717, 1.165) is 0 Å². The Kier molecular flexibility index (Phi) is 4.90. The molecule has 112 valence electrons. The van der Waals surface area contributed by atoms with Crippen molar-refractivity contribution in [1.29, 1.82) is 0 Å². The maximum Gasteiger partial charge on any atom is 0.251 e. The van der Waals surface area contributed by atoms with Crippen molar-refractivity contribution in [2.24, 2.45) is 5.14 Å². The van der Waals surface area contributed by atoms with Gasteiger partial charge in [0.15, 0.2) is 0 Å². The number of carbonyl (C=O) groups excluding carboxylic acids is 1. The minimum atomic E-state index is -3.92. The number of ether oxygens (including phenoxy) is 1. The smallest absolute Gasteiger partial charge is 0.251 e. The van der Waals surface area contributed by atoms with Crippen LogP contribution in [0.15, 0.2) is 23.1 Å². The van der Waals surface area contributed by atoms with Crippen LogP contribution >= 0.6 is 0 Å². The quantitative estimate of drug-likeness (QED) is 0.867. The highest BCUT2D eigenvalue weighted by Crippen LogP contribution is 2.18. The van der Waals surface area contributed by atoms with Crippen LogP contribution in [0, 0.1) is 0 Å². The van der Waals surface area contributed by atoms with Gasteiger partial charge in [-0.1, -0.05) is 6.07 Å². The lowest BCUT2D eigenvalue weighted by molar-refractivity contribution is 0.0919. The summed E-state index contributed by atoms with van der Waals surface area (Å²) in [5.74, 6) is -0.355. The molecular formula is C13H20N2O4S. The van der Waals surface area contributed by atoms with Crippen LogP contribution in [0.5, 0.6) is 0 Å². The molecule has 1 amide bonds. The minimum absolute atomic E-state index is 0.0964. The fraction of sp³-hybridized carbons (Fsp3) is 0.462. The SMILES string of the molecule is COCc1ccc(C(=O)NC(C)(C)C)cc1S(N)(=O)=O. The topological polar surface area (TPSA) is 98.5 Å². The Morgan fingerprint density at radius 1 is 1.35 bits per heavy atom. The summed E-state index contributed by atoms with van der Waals surface area (Å²) in [7, 11) is -2.46. The normalized spacial score (nSPS) is 12.2. The van der Waals surface area contributed by atoms with Crippen molar-refractivity contribution < 1.29 is 17.9 Å². The Hall–Kier alpha value is -1.44. The maximum absolute atomic E-state index is 12.0. The molecule has 0 aliphatic carbocycles. The number of benzene rings is 1. The van der Waals surface area contributed by atoms with Gasteiger partial charge in [0.2, 0.25) is 10.0 Å². The molecule has 1 aromatic carbocycles.